The SMILES string of the molecule is CC(C)C(Cc1cc(Cl)cc2c1OCC2)NN. The number of nitrogens with two attached hydrogens (primary N) is 1. The van der Waals surface area contributed by atoms with Gasteiger partial charge in [0.1, 0.15) is 5.75 Å². The molecule has 1 aliphatic rings. The second-order valence-electron chi connectivity index (χ2n) is 4.87. The molecule has 3 nitrogen and oxygen atoms in total. The number of hydrogen-bond acceptors (Lipinski definition) is 3. The first-order valence-corrected chi connectivity index (χ1v) is 6.40. The summed E-state index contributed by atoms with van der Waals surface area (Å²) in [6, 6.07) is 4.22. The number of benzene rings is 1. The Morgan fingerprint density at radius 2 is 2.24 bits per heavy atom. The Kier molecular flexibility index (Phi) is 3.92. The van der Waals surface area contributed by atoms with Gasteiger partial charge in [-0.3, -0.25) is 11.3 Å². The molecule has 0 bridgehead atoms. The summed E-state index contributed by atoms with van der Waals surface area (Å²) in [6.07, 6.45) is 1.79. The van der Waals surface area contributed by atoms with Gasteiger partial charge in [-0.15, -0.1) is 0 Å². The third kappa shape index (κ3) is 2.73. The summed E-state index contributed by atoms with van der Waals surface area (Å²) < 4.78 is 5.68. The van der Waals surface area contributed by atoms with E-state index >= 15 is 0 Å². The number of hydrogen-bond donors (Lipinski definition) is 2. The van der Waals surface area contributed by atoms with Crippen LogP contribution in [0.25, 0.3) is 0 Å². The first kappa shape index (κ1) is 12.7. The molecule has 0 fully saturated rings. The maximum atomic E-state index is 6.13. The van der Waals surface area contributed by atoms with Crippen LogP contribution in [0.15, 0.2) is 12.1 Å². The number of fused-ring (bicyclic) bond motifs is 1. The fourth-order valence-electron chi connectivity index (χ4n) is 2.22. The second-order valence-corrected chi connectivity index (χ2v) is 5.31. The van der Waals surface area contributed by atoms with E-state index in [0.717, 1.165) is 35.8 Å². The van der Waals surface area contributed by atoms with Crippen LogP contribution in [0.4, 0.5) is 0 Å². The van der Waals surface area contributed by atoms with Gasteiger partial charge in [-0.1, -0.05) is 25.4 Å². The molecule has 0 aliphatic carbocycles. The van der Waals surface area contributed by atoms with Crippen molar-refractivity contribution in [2.24, 2.45) is 11.8 Å². The van der Waals surface area contributed by atoms with Crippen LogP contribution in [0.2, 0.25) is 5.02 Å². The molecule has 3 N–H and O–H groups in total. The minimum Gasteiger partial charge on any atom is -0.493 e. The lowest BCUT2D eigenvalue weighted by Crippen LogP contribution is -2.40. The zero-order valence-electron chi connectivity index (χ0n) is 10.3. The zero-order chi connectivity index (χ0) is 12.4. The monoisotopic (exact) mass is 254 g/mol. The molecule has 0 saturated heterocycles. The molecule has 0 amide bonds. The maximum Gasteiger partial charge on any atom is 0.125 e. The van der Waals surface area contributed by atoms with Crippen molar-refractivity contribution in [2.75, 3.05) is 6.61 Å². The van der Waals surface area contributed by atoms with Crippen molar-refractivity contribution in [1.82, 2.24) is 5.43 Å². The summed E-state index contributed by atoms with van der Waals surface area (Å²) in [5.41, 5.74) is 5.23. The van der Waals surface area contributed by atoms with Gasteiger partial charge >= 0.3 is 0 Å². The lowest BCUT2D eigenvalue weighted by Gasteiger charge is -2.21. The van der Waals surface area contributed by atoms with Gasteiger partial charge < -0.3 is 4.74 Å². The fourth-order valence-corrected chi connectivity index (χ4v) is 2.49. The normalized spacial score (nSPS) is 15.8. The molecule has 1 aromatic carbocycles. The molecule has 4 heteroatoms. The molecular weight excluding hydrogens is 236 g/mol. The predicted octanol–water partition coefficient (Wildman–Crippen LogP) is 2.31. The van der Waals surface area contributed by atoms with Gasteiger partial charge in [0.15, 0.2) is 0 Å². The topological polar surface area (TPSA) is 47.3 Å². The van der Waals surface area contributed by atoms with Gasteiger partial charge in [0.2, 0.25) is 0 Å². The van der Waals surface area contributed by atoms with Gasteiger partial charge in [0, 0.05) is 17.5 Å². The minimum absolute atomic E-state index is 0.238. The molecule has 1 aromatic rings. The molecule has 1 atom stereocenters. The summed E-state index contributed by atoms with van der Waals surface area (Å²) in [5.74, 6) is 7.06. The van der Waals surface area contributed by atoms with Crippen LogP contribution in [0.3, 0.4) is 0 Å². The third-order valence-electron chi connectivity index (χ3n) is 3.28. The molecule has 0 spiro atoms. The van der Waals surface area contributed by atoms with Gasteiger partial charge in [-0.05, 0) is 35.6 Å². The highest BCUT2D eigenvalue weighted by Gasteiger charge is 2.21. The fraction of sp³-hybridized carbons (Fsp3) is 0.538. The van der Waals surface area contributed by atoms with E-state index in [9.17, 15) is 0 Å². The van der Waals surface area contributed by atoms with Crippen LogP contribution in [-0.4, -0.2) is 12.6 Å². The van der Waals surface area contributed by atoms with Crippen molar-refractivity contribution in [3.63, 3.8) is 0 Å². The second kappa shape index (κ2) is 5.25. The van der Waals surface area contributed by atoms with Crippen LogP contribution in [0.5, 0.6) is 5.75 Å². The summed E-state index contributed by atoms with van der Waals surface area (Å²) in [4.78, 5) is 0. The minimum atomic E-state index is 0.238. The predicted molar refractivity (Wildman–Crippen MR) is 70.3 cm³/mol. The smallest absolute Gasteiger partial charge is 0.125 e. The number of rotatable bonds is 4. The molecule has 0 saturated carbocycles. The van der Waals surface area contributed by atoms with E-state index in [2.05, 4.69) is 19.3 Å². The molecule has 0 radical (unpaired) electrons. The number of hydrazine groups is 1. The van der Waals surface area contributed by atoms with Crippen LogP contribution >= 0.6 is 11.6 Å². The molecule has 1 heterocycles. The third-order valence-corrected chi connectivity index (χ3v) is 3.50. The maximum absolute atomic E-state index is 6.13. The summed E-state index contributed by atoms with van der Waals surface area (Å²) >= 11 is 6.13. The number of ether oxygens (including phenoxy) is 1. The van der Waals surface area contributed by atoms with E-state index in [-0.39, 0.29) is 6.04 Å². The van der Waals surface area contributed by atoms with Crippen molar-refractivity contribution in [3.8, 4) is 5.75 Å². The summed E-state index contributed by atoms with van der Waals surface area (Å²) in [6.45, 7) is 5.05. The quantitative estimate of drug-likeness (QED) is 0.640. The summed E-state index contributed by atoms with van der Waals surface area (Å²) in [7, 11) is 0. The Bertz CT molecular complexity index is 407. The van der Waals surface area contributed by atoms with Crippen LogP contribution in [0, 0.1) is 5.92 Å². The first-order valence-electron chi connectivity index (χ1n) is 6.02. The molecule has 1 aliphatic heterocycles. The molecular formula is C13H19ClN2O. The van der Waals surface area contributed by atoms with Crippen molar-refractivity contribution < 1.29 is 4.74 Å². The standard InChI is InChI=1S/C13H19ClN2O/c1-8(2)12(16-15)7-10-6-11(14)5-9-3-4-17-13(9)10/h5-6,8,12,16H,3-4,7,15H2,1-2H3. The van der Waals surface area contributed by atoms with Crippen LogP contribution in [-0.2, 0) is 12.8 Å². The molecule has 0 aromatic heterocycles. The zero-order valence-corrected chi connectivity index (χ0v) is 11.1. The van der Waals surface area contributed by atoms with Gasteiger partial charge in [-0.25, -0.2) is 0 Å². The van der Waals surface area contributed by atoms with E-state index in [1.807, 2.05) is 12.1 Å². The highest BCUT2D eigenvalue weighted by Crippen LogP contribution is 2.33. The Morgan fingerprint density at radius 3 is 2.88 bits per heavy atom. The highest BCUT2D eigenvalue weighted by atomic mass is 35.5. The van der Waals surface area contributed by atoms with Crippen LogP contribution in [0.1, 0.15) is 25.0 Å². The number of halogens is 1. The summed E-state index contributed by atoms with van der Waals surface area (Å²) in [5, 5.41) is 0.781. The van der Waals surface area contributed by atoms with Crippen LogP contribution < -0.4 is 16.0 Å². The Hall–Kier alpha value is -0.770. The lowest BCUT2D eigenvalue weighted by molar-refractivity contribution is 0.346. The molecule has 94 valence electrons. The lowest BCUT2D eigenvalue weighted by atomic mass is 9.95. The van der Waals surface area contributed by atoms with E-state index in [1.54, 1.807) is 0 Å². The highest BCUT2D eigenvalue weighted by molar-refractivity contribution is 6.30. The van der Waals surface area contributed by atoms with Crippen molar-refractivity contribution in [2.45, 2.75) is 32.7 Å². The van der Waals surface area contributed by atoms with E-state index in [4.69, 9.17) is 22.2 Å². The van der Waals surface area contributed by atoms with Gasteiger partial charge in [0.25, 0.3) is 0 Å². The van der Waals surface area contributed by atoms with E-state index in [1.165, 1.54) is 5.56 Å². The largest absolute Gasteiger partial charge is 0.493 e. The Balaban J connectivity index is 2.26. The average Bonchev–Trinajstić information content (AvgIpc) is 2.72. The Morgan fingerprint density at radius 1 is 1.47 bits per heavy atom. The molecule has 17 heavy (non-hydrogen) atoms. The van der Waals surface area contributed by atoms with Crippen molar-refractivity contribution in [1.29, 1.82) is 0 Å². The molecule has 1 unspecified atom stereocenters. The van der Waals surface area contributed by atoms with Crippen molar-refractivity contribution in [3.05, 3.63) is 28.3 Å². The van der Waals surface area contributed by atoms with Gasteiger partial charge in [0.05, 0.1) is 6.61 Å². The van der Waals surface area contributed by atoms with Crippen molar-refractivity contribution >= 4 is 11.6 Å². The van der Waals surface area contributed by atoms with E-state index < -0.39 is 0 Å². The first-order chi connectivity index (χ1) is 8.11. The van der Waals surface area contributed by atoms with E-state index in [0.29, 0.717) is 5.92 Å². The van der Waals surface area contributed by atoms with Gasteiger partial charge in [-0.2, -0.15) is 0 Å². The molecule has 2 rings (SSSR count). The number of nitrogens with one attached hydrogen (secondary N) is 1. The Labute approximate surface area is 107 Å². The average molecular weight is 255 g/mol.